The third kappa shape index (κ3) is 6.08. The summed E-state index contributed by atoms with van der Waals surface area (Å²) in [6.07, 6.45) is 9.33. The van der Waals surface area contributed by atoms with Crippen LogP contribution in [-0.2, 0) is 15.0 Å². The predicted octanol–water partition coefficient (Wildman–Crippen LogP) is 6.85. The highest BCUT2D eigenvalue weighted by Crippen LogP contribution is 2.52. The second-order valence-corrected chi connectivity index (χ2v) is 12.7. The Balaban J connectivity index is 1.33. The number of hydrogen-bond acceptors (Lipinski definition) is 5. The van der Waals surface area contributed by atoms with Crippen LogP contribution in [0.1, 0.15) is 87.6 Å². The molecule has 0 saturated heterocycles. The van der Waals surface area contributed by atoms with Crippen molar-refractivity contribution in [3.8, 4) is 0 Å². The van der Waals surface area contributed by atoms with Crippen LogP contribution in [0.2, 0.25) is 10.0 Å². The molecule has 2 atom stereocenters. The summed E-state index contributed by atoms with van der Waals surface area (Å²) in [5.41, 5.74) is 1.68. The highest BCUT2D eigenvalue weighted by molar-refractivity contribution is 6.31. The van der Waals surface area contributed by atoms with Gasteiger partial charge in [0, 0.05) is 22.3 Å². The largest absolute Gasteiger partial charge is 0.311 e. The van der Waals surface area contributed by atoms with Crippen LogP contribution in [0.4, 0.5) is 11.5 Å². The van der Waals surface area contributed by atoms with E-state index in [4.69, 9.17) is 23.2 Å². The van der Waals surface area contributed by atoms with E-state index in [1.165, 1.54) is 32.1 Å². The number of anilines is 2. The van der Waals surface area contributed by atoms with Crippen molar-refractivity contribution in [2.75, 3.05) is 37.4 Å². The lowest BCUT2D eigenvalue weighted by molar-refractivity contribution is -0.126. The molecule has 0 fully saturated rings. The first-order valence-corrected chi connectivity index (χ1v) is 15.8. The average Bonchev–Trinajstić information content (AvgIpc) is 3.47. The highest BCUT2D eigenvalue weighted by Gasteiger charge is 2.58. The Morgan fingerprint density at radius 2 is 1.57 bits per heavy atom. The summed E-state index contributed by atoms with van der Waals surface area (Å²) in [5, 5.41) is 13.1. The number of nitrogens with one attached hydrogen (secondary N) is 1. The average molecular weight is 612 g/mol. The van der Waals surface area contributed by atoms with Crippen LogP contribution in [0.25, 0.3) is 0 Å². The van der Waals surface area contributed by atoms with Gasteiger partial charge in [0.15, 0.2) is 5.82 Å². The van der Waals surface area contributed by atoms with E-state index >= 15 is 0 Å². The summed E-state index contributed by atoms with van der Waals surface area (Å²) in [4.78, 5) is 31.7. The van der Waals surface area contributed by atoms with Crippen molar-refractivity contribution in [1.82, 2.24) is 19.9 Å². The number of fused-ring (bicyclic) bond motifs is 4. The van der Waals surface area contributed by atoms with Crippen LogP contribution in [0.5, 0.6) is 0 Å². The van der Waals surface area contributed by atoms with Gasteiger partial charge in [0.2, 0.25) is 11.8 Å². The summed E-state index contributed by atoms with van der Waals surface area (Å²) in [6, 6.07) is 12.8. The van der Waals surface area contributed by atoms with Crippen molar-refractivity contribution in [3.05, 3.63) is 69.3 Å². The Bertz CT molecular complexity index is 1420. The molecule has 0 saturated carbocycles. The van der Waals surface area contributed by atoms with Crippen LogP contribution in [0.3, 0.4) is 0 Å². The zero-order valence-electron chi connectivity index (χ0n) is 24.7. The van der Waals surface area contributed by atoms with Gasteiger partial charge in [-0.25, -0.2) is 4.68 Å². The molecule has 1 unspecified atom stereocenters. The fourth-order valence-corrected chi connectivity index (χ4v) is 6.57. The van der Waals surface area contributed by atoms with Gasteiger partial charge < -0.3 is 15.1 Å². The maximum Gasteiger partial charge on any atom is 0.244 e. The minimum Gasteiger partial charge on any atom is -0.311 e. The van der Waals surface area contributed by atoms with Crippen molar-refractivity contribution in [3.63, 3.8) is 0 Å². The van der Waals surface area contributed by atoms with Crippen LogP contribution in [0, 0.1) is 0 Å². The van der Waals surface area contributed by atoms with Crippen molar-refractivity contribution in [1.29, 1.82) is 0 Å². The van der Waals surface area contributed by atoms with Gasteiger partial charge in [0.1, 0.15) is 11.1 Å². The molecular formula is C32H40Cl2N6O2. The Hall–Kier alpha value is -2.94. The van der Waals surface area contributed by atoms with E-state index in [0.717, 1.165) is 42.6 Å². The molecule has 3 heterocycles. The highest BCUT2D eigenvalue weighted by atomic mass is 35.5. The molecular weight excluding hydrogens is 571 g/mol. The third-order valence-corrected chi connectivity index (χ3v) is 9.05. The second-order valence-electron chi connectivity index (χ2n) is 11.8. The van der Waals surface area contributed by atoms with Crippen molar-refractivity contribution < 1.29 is 9.59 Å². The zero-order chi connectivity index (χ0) is 29.9. The predicted molar refractivity (Wildman–Crippen MR) is 169 cm³/mol. The molecule has 2 aliphatic rings. The van der Waals surface area contributed by atoms with E-state index < -0.39 is 5.41 Å². The number of rotatable bonds is 13. The number of benzene rings is 2. The number of halogens is 2. The molecule has 3 aromatic rings. The first-order valence-electron chi connectivity index (χ1n) is 15.0. The van der Waals surface area contributed by atoms with E-state index in [1.807, 2.05) is 48.2 Å². The normalized spacial score (nSPS) is 18.5. The third-order valence-electron chi connectivity index (χ3n) is 8.56. The standard InChI is InChI=1S/C32H40Cl2N6O2/c1-22(23-12-14-24(33)15-13-23)40-30-29(36-37-40)32(21-28(41)35-30)26-20-25(34)16-17-27(26)39(31(32)42)19-11-9-7-5-4-6-8-10-18-38(2)3/h12-17,20,22H,4-11,18-19,21H2,1-3H3,(H,35,41)/t22?,32-/m1/s1. The fraction of sp³-hybridized carbons (Fsp3) is 0.500. The number of unbranched alkanes of at least 4 members (excludes halogenated alkanes) is 7. The van der Waals surface area contributed by atoms with Crippen LogP contribution in [0.15, 0.2) is 42.5 Å². The number of nitrogens with zero attached hydrogens (tertiary/aromatic N) is 5. The van der Waals surface area contributed by atoms with E-state index in [9.17, 15) is 9.59 Å². The smallest absolute Gasteiger partial charge is 0.244 e. The number of aromatic nitrogens is 3. The van der Waals surface area contributed by atoms with Gasteiger partial charge >= 0.3 is 0 Å². The molecule has 1 N–H and O–H groups in total. The van der Waals surface area contributed by atoms with Gasteiger partial charge in [-0.2, -0.15) is 0 Å². The molecule has 10 heteroatoms. The molecule has 1 spiro atoms. The lowest BCUT2D eigenvalue weighted by atomic mass is 9.73. The van der Waals surface area contributed by atoms with Crippen LogP contribution in [-0.4, -0.2) is 58.9 Å². The number of amides is 2. The van der Waals surface area contributed by atoms with Crippen LogP contribution >= 0.6 is 23.2 Å². The zero-order valence-corrected chi connectivity index (χ0v) is 26.2. The summed E-state index contributed by atoms with van der Waals surface area (Å²) in [5.74, 6) is 0.0597. The summed E-state index contributed by atoms with van der Waals surface area (Å²) in [7, 11) is 4.24. The Kier molecular flexibility index (Phi) is 9.55. The molecule has 0 bridgehead atoms. The fourth-order valence-electron chi connectivity index (χ4n) is 6.27. The molecule has 8 nitrogen and oxygen atoms in total. The number of carbonyl (C=O) groups is 2. The van der Waals surface area contributed by atoms with E-state index in [2.05, 4.69) is 34.6 Å². The monoisotopic (exact) mass is 610 g/mol. The van der Waals surface area contributed by atoms with Gasteiger partial charge in [-0.3, -0.25) is 9.59 Å². The SMILES string of the molecule is CC(c1ccc(Cl)cc1)n1nnc2c1NC(=O)C[C@]21C(=O)N(CCCCCCCCCCN(C)C)c2ccc(Cl)cc21. The Labute approximate surface area is 258 Å². The van der Waals surface area contributed by atoms with Crippen molar-refractivity contribution >= 4 is 46.5 Å². The van der Waals surface area contributed by atoms with Crippen molar-refractivity contribution in [2.45, 2.75) is 76.2 Å². The topological polar surface area (TPSA) is 83.4 Å². The quantitative estimate of drug-likeness (QED) is 0.214. The van der Waals surface area contributed by atoms with Crippen LogP contribution < -0.4 is 10.2 Å². The molecule has 0 aliphatic carbocycles. The van der Waals surface area contributed by atoms with E-state index in [-0.39, 0.29) is 24.3 Å². The molecule has 0 radical (unpaired) electrons. The molecule has 5 rings (SSSR count). The van der Waals surface area contributed by atoms with Crippen molar-refractivity contribution in [2.24, 2.45) is 0 Å². The minimum atomic E-state index is -1.26. The lowest BCUT2D eigenvalue weighted by Gasteiger charge is -2.31. The summed E-state index contributed by atoms with van der Waals surface area (Å²) >= 11 is 12.6. The molecule has 224 valence electrons. The first-order chi connectivity index (χ1) is 20.2. The molecule has 1 aromatic heterocycles. The summed E-state index contributed by atoms with van der Waals surface area (Å²) in [6.45, 7) is 3.71. The Morgan fingerprint density at radius 3 is 2.26 bits per heavy atom. The number of carbonyl (C=O) groups excluding carboxylic acids is 2. The van der Waals surface area contributed by atoms with Gasteiger partial charge in [-0.1, -0.05) is 79.1 Å². The molecule has 2 aliphatic heterocycles. The van der Waals surface area contributed by atoms with Gasteiger partial charge in [-0.05, 0) is 81.9 Å². The molecule has 2 amide bonds. The maximum atomic E-state index is 14.4. The molecule has 2 aromatic carbocycles. The van der Waals surface area contributed by atoms with Gasteiger partial charge in [0.25, 0.3) is 0 Å². The number of hydrogen-bond donors (Lipinski definition) is 1. The van der Waals surface area contributed by atoms with E-state index in [0.29, 0.717) is 28.1 Å². The minimum absolute atomic E-state index is 0.0372. The van der Waals surface area contributed by atoms with Gasteiger partial charge in [0.05, 0.1) is 12.5 Å². The lowest BCUT2D eigenvalue weighted by Crippen LogP contribution is -2.47. The molecule has 42 heavy (non-hydrogen) atoms. The second kappa shape index (κ2) is 13.1. The summed E-state index contributed by atoms with van der Waals surface area (Å²) < 4.78 is 1.68. The van der Waals surface area contributed by atoms with E-state index in [1.54, 1.807) is 10.7 Å². The maximum absolute atomic E-state index is 14.4. The Morgan fingerprint density at radius 1 is 0.929 bits per heavy atom. The van der Waals surface area contributed by atoms with Gasteiger partial charge in [-0.15, -0.1) is 5.10 Å². The first kappa shape index (κ1) is 30.5.